The lowest BCUT2D eigenvalue weighted by Crippen LogP contribution is -2.42. The fraction of sp³-hybridized carbons (Fsp3) is 0.333. The normalized spacial score (nSPS) is 10.5. The Bertz CT molecular complexity index is 382. The van der Waals surface area contributed by atoms with Gasteiger partial charge < -0.3 is 9.83 Å². The van der Waals surface area contributed by atoms with Crippen molar-refractivity contribution >= 4 is 18.7 Å². The van der Waals surface area contributed by atoms with Gasteiger partial charge in [0.2, 0.25) is 0 Å². The van der Waals surface area contributed by atoms with Crippen LogP contribution in [0.5, 0.6) is 0 Å². The van der Waals surface area contributed by atoms with Crippen LogP contribution in [0.15, 0.2) is 41.5 Å². The third-order valence-electron chi connectivity index (χ3n) is 2.08. The molecule has 0 aromatic carbocycles. The monoisotopic (exact) mass is 234 g/mol. The fourth-order valence-corrected chi connectivity index (χ4v) is 1.21. The van der Waals surface area contributed by atoms with Gasteiger partial charge in [-0.3, -0.25) is 9.79 Å². The van der Waals surface area contributed by atoms with E-state index in [4.69, 9.17) is 0 Å². The summed E-state index contributed by atoms with van der Waals surface area (Å²) in [5.74, 6) is -0.407. The van der Waals surface area contributed by atoms with Crippen molar-refractivity contribution in [1.29, 1.82) is 0 Å². The van der Waals surface area contributed by atoms with Crippen molar-refractivity contribution in [1.82, 2.24) is 4.81 Å². The molecular weight excluding hydrogens is 215 g/mol. The molecule has 0 saturated carbocycles. The molecule has 0 aliphatic carbocycles. The average Bonchev–Trinajstić information content (AvgIpc) is 2.25. The Balaban J connectivity index is 4.83. The Hall–Kier alpha value is -1.62. The number of aliphatic imine (C=N–C) groups is 1. The first-order valence-electron chi connectivity index (χ1n) is 5.26. The number of hydrogen-bond donors (Lipinski definition) is 1. The molecule has 17 heavy (non-hydrogen) atoms. The van der Waals surface area contributed by atoms with Crippen molar-refractivity contribution in [3.8, 4) is 0 Å². The van der Waals surface area contributed by atoms with E-state index < -0.39 is 13.0 Å². The van der Waals surface area contributed by atoms with Gasteiger partial charge in [-0.25, -0.2) is 0 Å². The molecule has 1 N–H and O–H groups in total. The molecule has 0 saturated heterocycles. The van der Waals surface area contributed by atoms with Crippen LogP contribution >= 0.6 is 0 Å². The van der Waals surface area contributed by atoms with Crippen LogP contribution in [0.4, 0.5) is 0 Å². The molecule has 0 unspecified atom stereocenters. The van der Waals surface area contributed by atoms with Gasteiger partial charge in [0.25, 0.3) is 5.91 Å². The molecule has 0 aromatic rings. The third-order valence-corrected chi connectivity index (χ3v) is 2.08. The second-order valence-electron chi connectivity index (χ2n) is 3.94. The highest BCUT2D eigenvalue weighted by molar-refractivity contribution is 6.59. The zero-order valence-corrected chi connectivity index (χ0v) is 10.9. The second kappa shape index (κ2) is 6.86. The summed E-state index contributed by atoms with van der Waals surface area (Å²) in [7, 11) is 0.503. The number of hydrogen-bond acceptors (Lipinski definition) is 3. The van der Waals surface area contributed by atoms with Gasteiger partial charge >= 0.3 is 7.05 Å². The molecule has 4 nitrogen and oxygen atoms in total. The molecule has 0 spiro atoms. The van der Waals surface area contributed by atoms with E-state index in [9.17, 15) is 9.82 Å². The van der Waals surface area contributed by atoms with Gasteiger partial charge in [0.1, 0.15) is 5.70 Å². The molecule has 0 aliphatic rings. The minimum absolute atomic E-state index is 0.109. The number of rotatable bonds is 5. The molecule has 0 rings (SSSR count). The second-order valence-corrected chi connectivity index (χ2v) is 3.94. The highest BCUT2D eigenvalue weighted by atomic mass is 16.2. The lowest BCUT2D eigenvalue weighted by atomic mass is 9.72. The Labute approximate surface area is 103 Å². The molecular formula is C12H19BN2O2. The maximum atomic E-state index is 11.8. The smallest absolute Gasteiger partial charge is 0.429 e. The van der Waals surface area contributed by atoms with E-state index in [0.29, 0.717) is 5.47 Å². The van der Waals surface area contributed by atoms with Gasteiger partial charge in [-0.2, -0.15) is 0 Å². The predicted octanol–water partition coefficient (Wildman–Crippen LogP) is 1.59. The first kappa shape index (κ1) is 15.4. The zero-order valence-electron chi connectivity index (χ0n) is 10.9. The zero-order chi connectivity index (χ0) is 13.6. The van der Waals surface area contributed by atoms with Crippen LogP contribution in [0, 0.1) is 0 Å². The van der Waals surface area contributed by atoms with E-state index in [1.54, 1.807) is 32.9 Å². The first-order chi connectivity index (χ1) is 7.81. The number of carbonyl (C=O) groups excluding carboxylic acids is 1. The number of carbonyl (C=O) groups is 1. The molecule has 0 fully saturated rings. The molecule has 0 radical (unpaired) electrons. The lowest BCUT2D eigenvalue weighted by molar-refractivity contribution is -0.122. The van der Waals surface area contributed by atoms with Crippen molar-refractivity contribution in [2.24, 2.45) is 4.99 Å². The van der Waals surface area contributed by atoms with Crippen LogP contribution in [0.25, 0.3) is 0 Å². The SMILES string of the molecule is C=C/C=C(\C)B(O)N(C)C(=O)C(=C)N=C(C)C. The Kier molecular flexibility index (Phi) is 6.21. The summed E-state index contributed by atoms with van der Waals surface area (Å²) in [5.41, 5.74) is 1.48. The van der Waals surface area contributed by atoms with Crippen molar-refractivity contribution < 1.29 is 9.82 Å². The first-order valence-corrected chi connectivity index (χ1v) is 5.26. The molecule has 0 heterocycles. The third kappa shape index (κ3) is 4.82. The number of allylic oxidation sites excluding steroid dienone is 3. The summed E-state index contributed by atoms with van der Waals surface area (Å²) in [6, 6.07) is 0. The largest absolute Gasteiger partial charge is 0.447 e. The van der Waals surface area contributed by atoms with Gasteiger partial charge in [0, 0.05) is 5.71 Å². The standard InChI is InChI=1S/C12H19BN2O2/c1-7-8-10(4)13(17)15(6)12(16)11(5)14-9(2)3/h7-8,17H,1,5H2,2-4,6H3/b10-8+. The van der Waals surface area contributed by atoms with E-state index in [-0.39, 0.29) is 5.70 Å². The van der Waals surface area contributed by atoms with Gasteiger partial charge in [-0.1, -0.05) is 30.8 Å². The van der Waals surface area contributed by atoms with E-state index in [1.165, 1.54) is 11.9 Å². The summed E-state index contributed by atoms with van der Waals surface area (Å²) < 4.78 is 0. The summed E-state index contributed by atoms with van der Waals surface area (Å²) in [6.07, 6.45) is 3.20. The van der Waals surface area contributed by atoms with Crippen molar-refractivity contribution in [2.75, 3.05) is 7.05 Å². The average molecular weight is 234 g/mol. The molecule has 1 amide bonds. The van der Waals surface area contributed by atoms with Crippen LogP contribution in [-0.4, -0.2) is 35.6 Å². The van der Waals surface area contributed by atoms with Crippen LogP contribution in [-0.2, 0) is 4.79 Å². The van der Waals surface area contributed by atoms with Crippen molar-refractivity contribution in [3.63, 3.8) is 0 Å². The van der Waals surface area contributed by atoms with Crippen molar-refractivity contribution in [3.05, 3.63) is 36.5 Å². The highest BCUT2D eigenvalue weighted by Gasteiger charge is 2.26. The van der Waals surface area contributed by atoms with E-state index in [1.807, 2.05) is 0 Å². The minimum Gasteiger partial charge on any atom is -0.429 e. The van der Waals surface area contributed by atoms with Crippen LogP contribution in [0.1, 0.15) is 20.8 Å². The topological polar surface area (TPSA) is 52.9 Å². The van der Waals surface area contributed by atoms with E-state index in [2.05, 4.69) is 18.2 Å². The minimum atomic E-state index is -0.996. The molecule has 5 heteroatoms. The summed E-state index contributed by atoms with van der Waals surface area (Å²) in [6.45, 7) is 12.4. The molecule has 0 bridgehead atoms. The van der Waals surface area contributed by atoms with Gasteiger partial charge in [-0.15, -0.1) is 0 Å². The molecule has 0 aromatic heterocycles. The maximum absolute atomic E-state index is 11.8. The Morgan fingerprint density at radius 2 is 1.94 bits per heavy atom. The van der Waals surface area contributed by atoms with Crippen LogP contribution < -0.4 is 0 Å². The number of amides is 1. The Morgan fingerprint density at radius 1 is 1.41 bits per heavy atom. The molecule has 0 atom stereocenters. The number of nitrogens with zero attached hydrogens (tertiary/aromatic N) is 2. The molecule has 0 aliphatic heterocycles. The summed E-state index contributed by atoms with van der Waals surface area (Å²) in [4.78, 5) is 17.0. The van der Waals surface area contributed by atoms with Gasteiger partial charge in [0.15, 0.2) is 0 Å². The summed E-state index contributed by atoms with van der Waals surface area (Å²) >= 11 is 0. The van der Waals surface area contributed by atoms with Crippen LogP contribution in [0.2, 0.25) is 0 Å². The quantitative estimate of drug-likeness (QED) is 0.340. The van der Waals surface area contributed by atoms with Gasteiger partial charge in [0.05, 0.1) is 0 Å². The maximum Gasteiger partial charge on any atom is 0.447 e. The number of likely N-dealkylation sites (N-methyl/N-ethyl adjacent to an activating group) is 1. The van der Waals surface area contributed by atoms with E-state index in [0.717, 1.165) is 5.71 Å². The highest BCUT2D eigenvalue weighted by Crippen LogP contribution is 2.07. The fourth-order valence-electron chi connectivity index (χ4n) is 1.21. The summed E-state index contributed by atoms with van der Waals surface area (Å²) in [5, 5.41) is 9.87. The van der Waals surface area contributed by atoms with E-state index >= 15 is 0 Å². The van der Waals surface area contributed by atoms with Gasteiger partial charge in [-0.05, 0) is 27.8 Å². The lowest BCUT2D eigenvalue weighted by Gasteiger charge is -2.20. The molecule has 92 valence electrons. The predicted molar refractivity (Wildman–Crippen MR) is 72.6 cm³/mol. The van der Waals surface area contributed by atoms with Crippen LogP contribution in [0.3, 0.4) is 0 Å². The Morgan fingerprint density at radius 3 is 2.35 bits per heavy atom. The van der Waals surface area contributed by atoms with Crippen molar-refractivity contribution in [2.45, 2.75) is 20.8 Å².